The summed E-state index contributed by atoms with van der Waals surface area (Å²) >= 11 is 0. The van der Waals surface area contributed by atoms with Crippen LogP contribution in [0.1, 0.15) is 42.2 Å². The topological polar surface area (TPSA) is 74.7 Å². The summed E-state index contributed by atoms with van der Waals surface area (Å²) in [6.45, 7) is 0.885. The van der Waals surface area contributed by atoms with Gasteiger partial charge in [-0.05, 0) is 49.1 Å². The molecule has 2 aliphatic rings. The van der Waals surface area contributed by atoms with Gasteiger partial charge in [0.2, 0.25) is 11.7 Å². The molecule has 5 rings (SSSR count). The smallest absolute Gasteiger partial charge is 0.234 e. The Hall–Kier alpha value is -2.97. The molecule has 27 heavy (non-hydrogen) atoms. The van der Waals surface area contributed by atoms with Gasteiger partial charge in [-0.2, -0.15) is 10.2 Å². The van der Waals surface area contributed by atoms with Gasteiger partial charge in [0.05, 0.1) is 17.0 Å². The van der Waals surface area contributed by atoms with Crippen molar-refractivity contribution < 1.29 is 4.52 Å². The largest absolute Gasteiger partial charge is 0.338 e. The van der Waals surface area contributed by atoms with E-state index >= 15 is 0 Å². The van der Waals surface area contributed by atoms with Crippen LogP contribution in [0.2, 0.25) is 0 Å². The molecule has 2 atom stereocenters. The van der Waals surface area contributed by atoms with Crippen molar-refractivity contribution in [3.05, 3.63) is 71.6 Å². The van der Waals surface area contributed by atoms with Gasteiger partial charge in [0.25, 0.3) is 0 Å². The number of nitrogens with one attached hydrogen (secondary N) is 1. The Morgan fingerprint density at radius 3 is 2.59 bits per heavy atom. The maximum Gasteiger partial charge on any atom is 0.234 e. The zero-order chi connectivity index (χ0) is 18.3. The highest BCUT2D eigenvalue weighted by Gasteiger charge is 2.51. The average Bonchev–Trinajstić information content (AvgIpc) is 3.64. The van der Waals surface area contributed by atoms with E-state index in [0.717, 1.165) is 30.8 Å². The Labute approximate surface area is 158 Å². The normalized spacial score (nSPS) is 22.2. The Morgan fingerprint density at radius 1 is 1.11 bits per heavy atom. The van der Waals surface area contributed by atoms with E-state index in [4.69, 9.17) is 9.78 Å². The number of hydrogen-bond donors (Lipinski definition) is 1. The third-order valence-electron chi connectivity index (χ3n) is 5.73. The highest BCUT2D eigenvalue weighted by Crippen LogP contribution is 2.49. The van der Waals surface area contributed by atoms with Crippen molar-refractivity contribution in [1.82, 2.24) is 15.5 Å². The highest BCUT2D eigenvalue weighted by atomic mass is 16.5. The lowest BCUT2D eigenvalue weighted by atomic mass is 10.1. The first-order chi connectivity index (χ1) is 13.3. The number of aromatic nitrogens is 2. The molecule has 2 aliphatic carbocycles. The van der Waals surface area contributed by atoms with Crippen LogP contribution in [0.15, 0.2) is 59.1 Å². The van der Waals surface area contributed by atoms with Gasteiger partial charge >= 0.3 is 0 Å². The molecule has 0 amide bonds. The van der Waals surface area contributed by atoms with Gasteiger partial charge in [-0.1, -0.05) is 35.5 Å². The van der Waals surface area contributed by atoms with E-state index < -0.39 is 0 Å². The summed E-state index contributed by atoms with van der Waals surface area (Å²) in [7, 11) is 0. The minimum atomic E-state index is -0.0122. The van der Waals surface area contributed by atoms with E-state index in [9.17, 15) is 0 Å². The Bertz CT molecular complexity index is 983. The molecule has 0 saturated heterocycles. The van der Waals surface area contributed by atoms with Crippen LogP contribution >= 0.6 is 0 Å². The third-order valence-corrected chi connectivity index (χ3v) is 5.73. The minimum absolute atomic E-state index is 0.0122. The number of nitriles is 1. The van der Waals surface area contributed by atoms with Crippen molar-refractivity contribution in [1.29, 1.82) is 5.26 Å². The maximum atomic E-state index is 8.91. The monoisotopic (exact) mass is 356 g/mol. The summed E-state index contributed by atoms with van der Waals surface area (Å²) in [4.78, 5) is 4.65. The van der Waals surface area contributed by atoms with Crippen LogP contribution in [0.25, 0.3) is 11.4 Å². The standard InChI is InChI=1S/C22H20N4O/c23-13-15-6-8-17(9-7-15)20-25-21(27-26-20)22(10-11-22)14-24-19-12-18(19)16-4-2-1-3-5-16/h1-9,18-19,24H,10-12,14H2/t18?,19-/m0/s1. The molecule has 0 radical (unpaired) electrons. The molecule has 0 aliphatic heterocycles. The number of benzene rings is 2. The van der Waals surface area contributed by atoms with E-state index in [0.29, 0.717) is 23.3 Å². The second-order valence-electron chi connectivity index (χ2n) is 7.63. The second-order valence-corrected chi connectivity index (χ2v) is 7.63. The molecule has 2 saturated carbocycles. The first-order valence-corrected chi connectivity index (χ1v) is 9.40. The van der Waals surface area contributed by atoms with Crippen LogP contribution in [0, 0.1) is 11.3 Å². The fourth-order valence-corrected chi connectivity index (χ4v) is 3.68. The Balaban J connectivity index is 1.24. The molecule has 5 nitrogen and oxygen atoms in total. The lowest BCUT2D eigenvalue weighted by Gasteiger charge is -2.11. The van der Waals surface area contributed by atoms with E-state index in [1.165, 1.54) is 12.0 Å². The first kappa shape index (κ1) is 16.2. The van der Waals surface area contributed by atoms with E-state index in [-0.39, 0.29) is 5.41 Å². The number of hydrogen-bond acceptors (Lipinski definition) is 5. The van der Waals surface area contributed by atoms with Crippen LogP contribution in [0.3, 0.4) is 0 Å². The predicted octanol–water partition coefficient (Wildman–Crippen LogP) is 3.79. The van der Waals surface area contributed by atoms with Gasteiger partial charge in [-0.25, -0.2) is 0 Å². The highest BCUT2D eigenvalue weighted by molar-refractivity contribution is 5.56. The van der Waals surface area contributed by atoms with Crippen molar-refractivity contribution in [3.8, 4) is 17.5 Å². The summed E-state index contributed by atoms with van der Waals surface area (Å²) in [6, 6.07) is 20.6. The first-order valence-electron chi connectivity index (χ1n) is 9.40. The molecule has 5 heteroatoms. The lowest BCUT2D eigenvalue weighted by molar-refractivity contribution is 0.338. The van der Waals surface area contributed by atoms with Gasteiger partial charge in [-0.15, -0.1) is 0 Å². The molecule has 3 aromatic rings. The van der Waals surface area contributed by atoms with E-state index in [1.807, 2.05) is 12.1 Å². The average molecular weight is 356 g/mol. The summed E-state index contributed by atoms with van der Waals surface area (Å²) < 4.78 is 5.60. The summed E-state index contributed by atoms with van der Waals surface area (Å²) in [5, 5.41) is 16.8. The second kappa shape index (κ2) is 6.33. The molecule has 1 heterocycles. The molecule has 1 N–H and O–H groups in total. The van der Waals surface area contributed by atoms with E-state index in [1.54, 1.807) is 12.1 Å². The molecule has 134 valence electrons. The molecule has 1 unspecified atom stereocenters. The SMILES string of the molecule is N#Cc1ccc(-c2noc(C3(CN[C@H]4CC4c4ccccc4)CC3)n2)cc1. The Kier molecular flexibility index (Phi) is 3.80. The van der Waals surface area contributed by atoms with Crippen molar-refractivity contribution >= 4 is 0 Å². The Morgan fingerprint density at radius 2 is 1.89 bits per heavy atom. The van der Waals surface area contributed by atoms with Gasteiger partial charge < -0.3 is 9.84 Å². The van der Waals surface area contributed by atoms with Crippen LogP contribution < -0.4 is 5.32 Å². The predicted molar refractivity (Wildman–Crippen MR) is 101 cm³/mol. The minimum Gasteiger partial charge on any atom is -0.338 e. The summed E-state index contributed by atoms with van der Waals surface area (Å²) in [5.41, 5.74) is 2.91. The molecule has 2 fully saturated rings. The van der Waals surface area contributed by atoms with Crippen LogP contribution in [0.5, 0.6) is 0 Å². The van der Waals surface area contributed by atoms with Gasteiger partial charge in [-0.3, -0.25) is 0 Å². The van der Waals surface area contributed by atoms with Crippen LogP contribution in [0.4, 0.5) is 0 Å². The maximum absolute atomic E-state index is 8.91. The fraction of sp³-hybridized carbons (Fsp3) is 0.318. The molecule has 2 aromatic carbocycles. The third kappa shape index (κ3) is 3.13. The van der Waals surface area contributed by atoms with E-state index in [2.05, 4.69) is 51.9 Å². The lowest BCUT2D eigenvalue weighted by Crippen LogP contribution is -2.29. The van der Waals surface area contributed by atoms with Crippen molar-refractivity contribution in [2.75, 3.05) is 6.54 Å². The van der Waals surface area contributed by atoms with Gasteiger partial charge in [0, 0.05) is 24.1 Å². The molecule has 1 aromatic heterocycles. The van der Waals surface area contributed by atoms with Crippen LogP contribution in [-0.2, 0) is 5.41 Å². The number of rotatable bonds is 6. The van der Waals surface area contributed by atoms with Crippen molar-refractivity contribution in [2.45, 2.75) is 36.6 Å². The fourth-order valence-electron chi connectivity index (χ4n) is 3.68. The van der Waals surface area contributed by atoms with Gasteiger partial charge in [0.1, 0.15) is 0 Å². The zero-order valence-electron chi connectivity index (χ0n) is 14.9. The van der Waals surface area contributed by atoms with Crippen molar-refractivity contribution in [3.63, 3.8) is 0 Å². The summed E-state index contributed by atoms with van der Waals surface area (Å²) in [5.74, 6) is 1.94. The molecule has 0 spiro atoms. The zero-order valence-corrected chi connectivity index (χ0v) is 14.9. The molecular weight excluding hydrogens is 336 g/mol. The summed E-state index contributed by atoms with van der Waals surface area (Å²) in [6.07, 6.45) is 3.36. The molecular formula is C22H20N4O. The van der Waals surface area contributed by atoms with Crippen LogP contribution in [-0.4, -0.2) is 22.7 Å². The number of nitrogens with zero attached hydrogens (tertiary/aromatic N) is 3. The molecule has 0 bridgehead atoms. The quantitative estimate of drug-likeness (QED) is 0.727. The van der Waals surface area contributed by atoms with Crippen molar-refractivity contribution in [2.24, 2.45) is 0 Å². The van der Waals surface area contributed by atoms with Gasteiger partial charge in [0.15, 0.2) is 0 Å².